The number of amides is 1. The number of hydrogen-bond acceptors (Lipinski definition) is 7. The molecule has 140 valence electrons. The highest BCUT2D eigenvalue weighted by Crippen LogP contribution is 2.26. The zero-order chi connectivity index (χ0) is 19.5. The molecule has 9 heteroatoms. The van der Waals surface area contributed by atoms with Crippen molar-refractivity contribution in [1.29, 1.82) is 0 Å². The third-order valence-electron chi connectivity index (χ3n) is 4.15. The molecular weight excluding hydrogens is 356 g/mol. The maximum atomic E-state index is 12.6. The summed E-state index contributed by atoms with van der Waals surface area (Å²) < 4.78 is 0. The number of benzene rings is 2. The standard InChI is InChI=1S/C19H18N8O/c1-21-12-4-2-3-11(9-12)18(28)25-17-14-10-13(5-6-15(14)26-27-17)23-16-7-8-22-19(20)24-16/h2-10,21H,1H3,(H3,20,22,23,24)(H2,25,26,27,28). The fraction of sp³-hybridized carbons (Fsp3) is 0.0526. The Kier molecular flexibility index (Phi) is 4.47. The molecule has 4 rings (SSSR count). The number of nitrogens with one attached hydrogen (secondary N) is 4. The van der Waals surface area contributed by atoms with Crippen molar-refractivity contribution in [3.05, 3.63) is 60.3 Å². The average molecular weight is 374 g/mol. The third-order valence-corrected chi connectivity index (χ3v) is 4.15. The molecule has 0 saturated carbocycles. The second kappa shape index (κ2) is 7.23. The van der Waals surface area contributed by atoms with E-state index in [2.05, 4.69) is 36.1 Å². The van der Waals surface area contributed by atoms with E-state index in [1.165, 1.54) is 0 Å². The number of fused-ring (bicyclic) bond motifs is 1. The number of carbonyl (C=O) groups is 1. The van der Waals surface area contributed by atoms with Crippen LogP contribution in [0.25, 0.3) is 10.9 Å². The minimum atomic E-state index is -0.243. The maximum Gasteiger partial charge on any atom is 0.256 e. The van der Waals surface area contributed by atoms with Gasteiger partial charge in [-0.1, -0.05) is 6.07 Å². The van der Waals surface area contributed by atoms with Crippen molar-refractivity contribution < 1.29 is 4.79 Å². The molecule has 4 aromatic rings. The third kappa shape index (κ3) is 3.54. The summed E-state index contributed by atoms with van der Waals surface area (Å²) in [5.74, 6) is 0.962. The lowest BCUT2D eigenvalue weighted by Gasteiger charge is -2.07. The molecule has 0 spiro atoms. The molecule has 0 unspecified atom stereocenters. The van der Waals surface area contributed by atoms with Crippen molar-refractivity contribution in [3.63, 3.8) is 0 Å². The van der Waals surface area contributed by atoms with Gasteiger partial charge in [-0.3, -0.25) is 9.89 Å². The van der Waals surface area contributed by atoms with Crippen LogP contribution in [0.2, 0.25) is 0 Å². The van der Waals surface area contributed by atoms with Gasteiger partial charge < -0.3 is 21.7 Å². The highest BCUT2D eigenvalue weighted by atomic mass is 16.1. The smallest absolute Gasteiger partial charge is 0.256 e. The first-order valence-electron chi connectivity index (χ1n) is 8.55. The molecule has 2 aromatic heterocycles. The van der Waals surface area contributed by atoms with Gasteiger partial charge in [0.05, 0.1) is 5.52 Å². The van der Waals surface area contributed by atoms with Crippen LogP contribution in [-0.2, 0) is 0 Å². The maximum absolute atomic E-state index is 12.6. The molecule has 0 aliphatic carbocycles. The van der Waals surface area contributed by atoms with E-state index < -0.39 is 0 Å². The van der Waals surface area contributed by atoms with Crippen molar-refractivity contribution in [2.75, 3.05) is 28.7 Å². The van der Waals surface area contributed by atoms with Crippen LogP contribution in [0.4, 0.5) is 29.0 Å². The van der Waals surface area contributed by atoms with Gasteiger partial charge in [0.25, 0.3) is 5.91 Å². The first kappa shape index (κ1) is 17.3. The quantitative estimate of drug-likeness (QED) is 0.362. The average Bonchev–Trinajstić information content (AvgIpc) is 3.10. The van der Waals surface area contributed by atoms with E-state index in [0.29, 0.717) is 17.2 Å². The van der Waals surface area contributed by atoms with Gasteiger partial charge in [0.15, 0.2) is 5.82 Å². The second-order valence-electron chi connectivity index (χ2n) is 6.04. The number of nitrogens with zero attached hydrogens (tertiary/aromatic N) is 3. The van der Waals surface area contributed by atoms with Gasteiger partial charge in [-0.05, 0) is 42.5 Å². The SMILES string of the molecule is CNc1cccc(C(=O)Nc2n[nH]c3ccc(Nc4ccnc(N)n4)cc23)c1. The zero-order valence-electron chi connectivity index (χ0n) is 15.0. The Hall–Kier alpha value is -4.14. The number of carbonyl (C=O) groups excluding carboxylic acids is 1. The van der Waals surface area contributed by atoms with Crippen molar-refractivity contribution in [3.8, 4) is 0 Å². The highest BCUT2D eigenvalue weighted by molar-refractivity contribution is 6.08. The van der Waals surface area contributed by atoms with Gasteiger partial charge in [-0.25, -0.2) is 4.98 Å². The number of rotatable bonds is 5. The van der Waals surface area contributed by atoms with E-state index in [1.807, 2.05) is 30.3 Å². The normalized spacial score (nSPS) is 10.6. The van der Waals surface area contributed by atoms with Crippen LogP contribution >= 0.6 is 0 Å². The lowest BCUT2D eigenvalue weighted by molar-refractivity contribution is 0.102. The Labute approximate surface area is 160 Å². The first-order chi connectivity index (χ1) is 13.6. The fourth-order valence-electron chi connectivity index (χ4n) is 2.77. The minimum absolute atomic E-state index is 0.186. The van der Waals surface area contributed by atoms with Crippen LogP contribution in [0, 0.1) is 0 Å². The van der Waals surface area contributed by atoms with E-state index in [1.54, 1.807) is 31.4 Å². The molecule has 28 heavy (non-hydrogen) atoms. The van der Waals surface area contributed by atoms with Crippen LogP contribution in [0.5, 0.6) is 0 Å². The summed E-state index contributed by atoms with van der Waals surface area (Å²) in [6.45, 7) is 0. The monoisotopic (exact) mass is 374 g/mol. The summed E-state index contributed by atoms with van der Waals surface area (Å²) in [6.07, 6.45) is 1.58. The first-order valence-corrected chi connectivity index (χ1v) is 8.55. The lowest BCUT2D eigenvalue weighted by Crippen LogP contribution is -2.12. The molecule has 2 aromatic carbocycles. The Bertz CT molecular complexity index is 1150. The predicted octanol–water partition coefficient (Wildman–Crippen LogP) is 2.97. The molecule has 9 nitrogen and oxygen atoms in total. The summed E-state index contributed by atoms with van der Waals surface area (Å²) >= 11 is 0. The van der Waals surface area contributed by atoms with E-state index in [9.17, 15) is 4.79 Å². The molecule has 2 heterocycles. The number of hydrogen-bond donors (Lipinski definition) is 5. The molecule has 0 bridgehead atoms. The summed E-state index contributed by atoms with van der Waals surface area (Å²) in [5, 5.41) is 16.9. The van der Waals surface area contributed by atoms with Gasteiger partial charge >= 0.3 is 0 Å². The molecule has 0 atom stereocenters. The molecule has 0 fully saturated rings. The number of aromatic nitrogens is 4. The van der Waals surface area contributed by atoms with Crippen molar-refractivity contribution in [1.82, 2.24) is 20.2 Å². The van der Waals surface area contributed by atoms with E-state index in [0.717, 1.165) is 22.3 Å². The van der Waals surface area contributed by atoms with Gasteiger partial charge in [0.2, 0.25) is 5.95 Å². The molecule has 0 aliphatic rings. The van der Waals surface area contributed by atoms with Crippen LogP contribution in [0.3, 0.4) is 0 Å². The van der Waals surface area contributed by atoms with Crippen LogP contribution < -0.4 is 21.7 Å². The molecular formula is C19H18N8O. The summed E-state index contributed by atoms with van der Waals surface area (Å²) in [6, 6.07) is 14.6. The minimum Gasteiger partial charge on any atom is -0.388 e. The number of aromatic amines is 1. The number of H-pyrrole nitrogens is 1. The lowest BCUT2D eigenvalue weighted by atomic mass is 10.2. The molecule has 0 aliphatic heterocycles. The highest BCUT2D eigenvalue weighted by Gasteiger charge is 2.12. The molecule has 0 radical (unpaired) electrons. The van der Waals surface area contributed by atoms with E-state index >= 15 is 0 Å². The summed E-state index contributed by atoms with van der Waals surface area (Å²) in [4.78, 5) is 20.6. The number of nitrogens with two attached hydrogens (primary N) is 1. The number of anilines is 5. The molecule has 6 N–H and O–H groups in total. The Morgan fingerprint density at radius 1 is 1.11 bits per heavy atom. The van der Waals surface area contributed by atoms with Crippen molar-refractivity contribution >= 4 is 45.8 Å². The summed E-state index contributed by atoms with van der Waals surface area (Å²) in [7, 11) is 1.80. The van der Waals surface area contributed by atoms with Crippen LogP contribution in [0.1, 0.15) is 10.4 Å². The van der Waals surface area contributed by atoms with Gasteiger partial charge in [-0.2, -0.15) is 10.1 Å². The van der Waals surface area contributed by atoms with E-state index in [4.69, 9.17) is 5.73 Å². The van der Waals surface area contributed by atoms with E-state index in [-0.39, 0.29) is 11.9 Å². The Balaban J connectivity index is 1.60. The topological polar surface area (TPSA) is 134 Å². The van der Waals surface area contributed by atoms with Crippen molar-refractivity contribution in [2.45, 2.75) is 0 Å². The zero-order valence-corrected chi connectivity index (χ0v) is 15.0. The molecule has 1 amide bonds. The largest absolute Gasteiger partial charge is 0.388 e. The predicted molar refractivity (Wildman–Crippen MR) is 110 cm³/mol. The van der Waals surface area contributed by atoms with Crippen molar-refractivity contribution in [2.24, 2.45) is 0 Å². The second-order valence-corrected chi connectivity index (χ2v) is 6.04. The summed E-state index contributed by atoms with van der Waals surface area (Å²) in [5.41, 5.74) is 8.58. The number of nitrogen functional groups attached to an aromatic ring is 1. The van der Waals surface area contributed by atoms with Crippen LogP contribution in [0.15, 0.2) is 54.7 Å². The van der Waals surface area contributed by atoms with Gasteiger partial charge in [0, 0.05) is 35.6 Å². The Morgan fingerprint density at radius 3 is 2.82 bits per heavy atom. The van der Waals surface area contributed by atoms with Crippen LogP contribution in [-0.4, -0.2) is 33.1 Å². The van der Waals surface area contributed by atoms with Gasteiger partial charge in [-0.15, -0.1) is 0 Å². The van der Waals surface area contributed by atoms with Gasteiger partial charge in [0.1, 0.15) is 5.82 Å². The fourth-order valence-corrected chi connectivity index (χ4v) is 2.77. The molecule has 0 saturated heterocycles. The Morgan fingerprint density at radius 2 is 2.00 bits per heavy atom.